The largest absolute Gasteiger partial charge is 0.397 e. The highest BCUT2D eigenvalue weighted by Crippen LogP contribution is 2.48. The minimum absolute atomic E-state index is 0.0545. The third-order valence-electron chi connectivity index (χ3n) is 3.32. The van der Waals surface area contributed by atoms with Crippen molar-refractivity contribution < 1.29 is 9.53 Å². The van der Waals surface area contributed by atoms with Crippen LogP contribution < -0.4 is 11.1 Å². The summed E-state index contributed by atoms with van der Waals surface area (Å²) >= 11 is 1.38. The predicted octanol–water partition coefficient (Wildman–Crippen LogP) is 1.88. The highest BCUT2D eigenvalue weighted by molar-refractivity contribution is 7.12. The molecular weight excluding hydrogens is 236 g/mol. The Balaban J connectivity index is 1.83. The summed E-state index contributed by atoms with van der Waals surface area (Å²) in [4.78, 5) is 12.5. The molecule has 94 valence electrons. The molecule has 0 atom stereocenters. The van der Waals surface area contributed by atoms with Gasteiger partial charge in [-0.2, -0.15) is 0 Å². The Morgan fingerprint density at radius 1 is 1.65 bits per heavy atom. The Morgan fingerprint density at radius 3 is 2.94 bits per heavy atom. The van der Waals surface area contributed by atoms with Crippen molar-refractivity contribution in [1.29, 1.82) is 0 Å². The second-order valence-electron chi connectivity index (χ2n) is 4.63. The number of rotatable bonds is 6. The number of ether oxygens (including phenoxy) is 1. The van der Waals surface area contributed by atoms with Crippen LogP contribution in [0.2, 0.25) is 0 Å². The lowest BCUT2D eigenvalue weighted by atomic mass is 10.0. The lowest BCUT2D eigenvalue weighted by Crippen LogP contribution is -2.30. The van der Waals surface area contributed by atoms with Gasteiger partial charge in [-0.25, -0.2) is 0 Å². The SMILES string of the molecule is COCCC1(CNC(=O)c2sccc2N)CC1. The minimum Gasteiger partial charge on any atom is -0.397 e. The summed E-state index contributed by atoms with van der Waals surface area (Å²) in [6, 6.07) is 1.76. The van der Waals surface area contributed by atoms with Gasteiger partial charge in [-0.3, -0.25) is 4.79 Å². The zero-order chi connectivity index (χ0) is 12.3. The maximum absolute atomic E-state index is 11.9. The summed E-state index contributed by atoms with van der Waals surface area (Å²) in [5, 5.41) is 4.81. The fourth-order valence-corrected chi connectivity index (χ4v) is 2.60. The smallest absolute Gasteiger partial charge is 0.263 e. The highest BCUT2D eigenvalue weighted by Gasteiger charge is 2.42. The van der Waals surface area contributed by atoms with E-state index >= 15 is 0 Å². The van der Waals surface area contributed by atoms with Crippen molar-refractivity contribution in [1.82, 2.24) is 5.32 Å². The summed E-state index contributed by atoms with van der Waals surface area (Å²) in [5.74, 6) is -0.0545. The second-order valence-corrected chi connectivity index (χ2v) is 5.55. The molecule has 0 aliphatic heterocycles. The van der Waals surface area contributed by atoms with Crippen LogP contribution in [0.25, 0.3) is 0 Å². The van der Waals surface area contributed by atoms with Crippen LogP contribution in [-0.4, -0.2) is 26.2 Å². The number of nitrogen functional groups attached to an aromatic ring is 1. The molecule has 5 heteroatoms. The molecule has 0 aromatic carbocycles. The summed E-state index contributed by atoms with van der Waals surface area (Å²) in [6.07, 6.45) is 3.37. The number of amides is 1. The zero-order valence-corrected chi connectivity index (χ0v) is 10.8. The average molecular weight is 254 g/mol. The lowest BCUT2D eigenvalue weighted by molar-refractivity contribution is 0.0943. The Labute approximate surface area is 105 Å². The Hall–Kier alpha value is -1.07. The van der Waals surface area contributed by atoms with Crippen molar-refractivity contribution in [2.24, 2.45) is 5.41 Å². The first-order valence-electron chi connectivity index (χ1n) is 5.77. The van der Waals surface area contributed by atoms with Crippen molar-refractivity contribution >= 4 is 22.9 Å². The predicted molar refractivity (Wildman–Crippen MR) is 69.2 cm³/mol. The molecule has 1 aromatic rings. The monoisotopic (exact) mass is 254 g/mol. The summed E-state index contributed by atoms with van der Waals surface area (Å²) in [6.45, 7) is 1.49. The summed E-state index contributed by atoms with van der Waals surface area (Å²) in [5.41, 5.74) is 6.55. The first-order valence-corrected chi connectivity index (χ1v) is 6.65. The maximum atomic E-state index is 11.9. The minimum atomic E-state index is -0.0545. The molecule has 4 nitrogen and oxygen atoms in total. The Kier molecular flexibility index (Phi) is 3.69. The summed E-state index contributed by atoms with van der Waals surface area (Å²) in [7, 11) is 1.71. The number of nitrogens with two attached hydrogens (primary N) is 1. The van der Waals surface area contributed by atoms with E-state index in [1.165, 1.54) is 24.2 Å². The van der Waals surface area contributed by atoms with Gasteiger partial charge in [0.25, 0.3) is 5.91 Å². The number of carbonyl (C=O) groups is 1. The molecule has 2 rings (SSSR count). The molecule has 17 heavy (non-hydrogen) atoms. The lowest BCUT2D eigenvalue weighted by Gasteiger charge is -2.15. The van der Waals surface area contributed by atoms with Crippen LogP contribution in [0, 0.1) is 5.41 Å². The van der Waals surface area contributed by atoms with E-state index in [0.29, 0.717) is 10.6 Å². The van der Waals surface area contributed by atoms with E-state index in [9.17, 15) is 4.79 Å². The number of methoxy groups -OCH3 is 1. The van der Waals surface area contributed by atoms with Gasteiger partial charge in [-0.1, -0.05) is 0 Å². The van der Waals surface area contributed by atoms with E-state index in [1.807, 2.05) is 5.38 Å². The quantitative estimate of drug-likeness (QED) is 0.814. The van der Waals surface area contributed by atoms with E-state index in [2.05, 4.69) is 5.32 Å². The standard InChI is InChI=1S/C12H18N2O2S/c1-16-6-5-12(3-4-12)8-14-11(15)10-9(13)2-7-17-10/h2,7H,3-6,8,13H2,1H3,(H,14,15). The molecule has 1 heterocycles. The van der Waals surface area contributed by atoms with E-state index in [4.69, 9.17) is 10.5 Å². The van der Waals surface area contributed by atoms with Gasteiger partial charge in [-0.05, 0) is 36.1 Å². The van der Waals surface area contributed by atoms with Crippen LogP contribution in [0.4, 0.5) is 5.69 Å². The third-order valence-corrected chi connectivity index (χ3v) is 4.25. The molecule has 0 saturated heterocycles. The molecule has 1 amide bonds. The van der Waals surface area contributed by atoms with Crippen molar-refractivity contribution in [3.05, 3.63) is 16.3 Å². The number of anilines is 1. The van der Waals surface area contributed by atoms with Gasteiger partial charge < -0.3 is 15.8 Å². The number of hydrogen-bond acceptors (Lipinski definition) is 4. The Morgan fingerprint density at radius 2 is 2.41 bits per heavy atom. The molecule has 0 spiro atoms. The molecule has 1 aliphatic carbocycles. The molecule has 1 fully saturated rings. The highest BCUT2D eigenvalue weighted by atomic mass is 32.1. The van der Waals surface area contributed by atoms with Gasteiger partial charge in [0.2, 0.25) is 0 Å². The molecule has 1 saturated carbocycles. The van der Waals surface area contributed by atoms with Gasteiger partial charge in [-0.15, -0.1) is 11.3 Å². The normalized spacial score (nSPS) is 16.8. The van der Waals surface area contributed by atoms with Crippen LogP contribution in [0.5, 0.6) is 0 Å². The van der Waals surface area contributed by atoms with Crippen LogP contribution >= 0.6 is 11.3 Å². The molecule has 0 radical (unpaired) electrons. The number of hydrogen-bond donors (Lipinski definition) is 2. The fourth-order valence-electron chi connectivity index (χ4n) is 1.86. The van der Waals surface area contributed by atoms with Crippen LogP contribution in [0.3, 0.4) is 0 Å². The van der Waals surface area contributed by atoms with Crippen molar-refractivity contribution in [2.45, 2.75) is 19.3 Å². The van der Waals surface area contributed by atoms with E-state index in [-0.39, 0.29) is 11.3 Å². The molecule has 1 aromatic heterocycles. The second kappa shape index (κ2) is 5.06. The van der Waals surface area contributed by atoms with Gasteiger partial charge in [0.15, 0.2) is 0 Å². The van der Waals surface area contributed by atoms with E-state index in [1.54, 1.807) is 13.2 Å². The van der Waals surface area contributed by atoms with Crippen molar-refractivity contribution in [2.75, 3.05) is 26.0 Å². The van der Waals surface area contributed by atoms with Gasteiger partial charge in [0.05, 0.1) is 5.69 Å². The average Bonchev–Trinajstić information content (AvgIpc) is 2.98. The molecule has 0 unspecified atom stereocenters. The van der Waals surface area contributed by atoms with Crippen molar-refractivity contribution in [3.8, 4) is 0 Å². The fraction of sp³-hybridized carbons (Fsp3) is 0.583. The zero-order valence-electron chi connectivity index (χ0n) is 9.99. The van der Waals surface area contributed by atoms with Crippen LogP contribution in [0.1, 0.15) is 28.9 Å². The molecule has 0 bridgehead atoms. The third kappa shape index (κ3) is 2.98. The molecular formula is C12H18N2O2S. The number of thiophene rings is 1. The summed E-state index contributed by atoms with van der Waals surface area (Å²) < 4.78 is 5.09. The first-order chi connectivity index (χ1) is 8.17. The van der Waals surface area contributed by atoms with E-state index < -0.39 is 0 Å². The van der Waals surface area contributed by atoms with Crippen LogP contribution in [-0.2, 0) is 4.74 Å². The maximum Gasteiger partial charge on any atom is 0.263 e. The molecule has 1 aliphatic rings. The van der Waals surface area contributed by atoms with Crippen LogP contribution in [0.15, 0.2) is 11.4 Å². The van der Waals surface area contributed by atoms with Gasteiger partial charge >= 0.3 is 0 Å². The van der Waals surface area contributed by atoms with Gasteiger partial charge in [0.1, 0.15) is 4.88 Å². The number of carbonyl (C=O) groups excluding carboxylic acids is 1. The van der Waals surface area contributed by atoms with Crippen molar-refractivity contribution in [3.63, 3.8) is 0 Å². The van der Waals surface area contributed by atoms with E-state index in [0.717, 1.165) is 19.6 Å². The van der Waals surface area contributed by atoms with Gasteiger partial charge in [0, 0.05) is 20.3 Å². The number of nitrogens with one attached hydrogen (secondary N) is 1. The first kappa shape index (κ1) is 12.4. The molecule has 3 N–H and O–H groups in total. The topological polar surface area (TPSA) is 64.3 Å². The Bertz CT molecular complexity index is 399.